The molecule has 0 spiro atoms. The van der Waals surface area contributed by atoms with Crippen LogP contribution in [0.25, 0.3) is 0 Å². The Labute approximate surface area is 772 Å². The lowest BCUT2D eigenvalue weighted by atomic mass is 9.49. The van der Waals surface area contributed by atoms with E-state index in [0.29, 0.717) is 82.2 Å². The summed E-state index contributed by atoms with van der Waals surface area (Å²) >= 11 is 23.8. The first-order valence-electron chi connectivity index (χ1n) is 40.3. The maximum atomic E-state index is 13.9. The molecular formula is C92H106Cl5N3O25S3. The van der Waals surface area contributed by atoms with Crippen molar-refractivity contribution < 1.29 is 116 Å². The molecule has 6 atom stereocenters. The van der Waals surface area contributed by atoms with Gasteiger partial charge >= 0.3 is 23.9 Å². The smallest absolute Gasteiger partial charge is 0.345 e. The van der Waals surface area contributed by atoms with Gasteiger partial charge in [0.05, 0.1) is 84.5 Å². The average Bonchev–Trinajstić information content (AvgIpc) is 1.53. The van der Waals surface area contributed by atoms with Crippen LogP contribution in [-0.4, -0.2) is 151 Å². The number of methoxy groups -OCH3 is 7. The number of aliphatic carboxylic acids is 2. The Balaban J connectivity index is 0.000000231. The van der Waals surface area contributed by atoms with Gasteiger partial charge in [0.2, 0.25) is 20.0 Å². The number of terminal acetylenes is 1. The first-order valence-corrected chi connectivity index (χ1v) is 47.1. The number of hydrogen-bond donors (Lipinski definition) is 4. The van der Waals surface area contributed by atoms with Crippen LogP contribution in [0.15, 0.2) is 178 Å². The molecule has 0 saturated heterocycles. The summed E-state index contributed by atoms with van der Waals surface area (Å²) in [5.74, 6) is 6.65. The summed E-state index contributed by atoms with van der Waals surface area (Å²) in [5.41, 5.74) is 5.72. The van der Waals surface area contributed by atoms with Crippen LogP contribution in [0.4, 0.5) is 0 Å². The van der Waals surface area contributed by atoms with Crippen molar-refractivity contribution >= 4 is 116 Å². The fourth-order valence-corrected chi connectivity index (χ4v) is 19.7. The molecule has 12 rings (SSSR count). The summed E-state index contributed by atoms with van der Waals surface area (Å²) in [6.07, 6.45) is 16.0. The van der Waals surface area contributed by atoms with Gasteiger partial charge in [-0.1, -0.05) is 127 Å². The maximum Gasteiger partial charge on any atom is 0.345 e. The van der Waals surface area contributed by atoms with Crippen molar-refractivity contribution in [1.82, 2.24) is 9.62 Å². The van der Waals surface area contributed by atoms with Gasteiger partial charge in [0.1, 0.15) is 57.5 Å². The standard InChI is InChI=1S/C29H34ClNO6S.C26H28ClNO8S.C18H23NO3.C9H8Cl2O5S.C8H7ClO3.C2H6/c1-3-28-13-11-22-21-9-6-19(32)15-18(21)5-8-23(22)24(28)12-14-29(28,4-2)37-27(33)17-36-26-10-7-20(16-25(26)30)38(31,34)35;1-17-5-6-18(24(11-17)34-3)14-28(15-19-7-8-20(33-2)12-25(19)35-4)37(31,32)21-9-10-23(22(27)13-21)36-16-26(29)30;1-13-5-6-14(17(9-13)21-3)11-19-12-15-7-8-16(20-2)10-18(15)22-4;1-15-9(12)5-16-8-3-2-6(4-7(8)10)17(11,13)14;9-6-3-1-2-4-7(6)12-5-8(10)11;1-2/h2,7,10,15-16,21-24H,3,5-6,8-9,11-14,17H2,1H3,(H2,31,34,35);5-13H,14-16H2,1-4H3,(H,29,30);5-10,19H,11-12H2,1-4H3;2-4H,5H2,1H3;1-4H,5H2,(H,10,11);1-2H3/t21?,22?,23?,24?,28-,29-;;;;;/m0...../s1. The predicted octanol–water partition coefficient (Wildman–Crippen LogP) is 17.3. The molecule has 8 aromatic carbocycles. The summed E-state index contributed by atoms with van der Waals surface area (Å²) in [5, 5.41) is 26.1. The van der Waals surface area contributed by atoms with E-state index < -0.39 is 71.8 Å². The number of esters is 2. The molecule has 5 N–H and O–H groups in total. The van der Waals surface area contributed by atoms with E-state index in [0.717, 1.165) is 91.5 Å². The van der Waals surface area contributed by atoms with Crippen LogP contribution in [0.1, 0.15) is 112 Å². The van der Waals surface area contributed by atoms with Gasteiger partial charge in [0.25, 0.3) is 9.05 Å². The number of nitrogens with one attached hydrogen (secondary N) is 1. The largest absolute Gasteiger partial charge is 0.497 e. The van der Waals surface area contributed by atoms with E-state index >= 15 is 0 Å². The molecule has 8 aromatic rings. The number of nitrogens with zero attached hydrogens (tertiary/aromatic N) is 1. The number of carboxylic acid groups (broad SMARTS) is 2. The van der Waals surface area contributed by atoms with E-state index in [1.165, 1.54) is 92.4 Å². The van der Waals surface area contributed by atoms with E-state index in [9.17, 15) is 49.2 Å². The number of ketones is 1. The van der Waals surface area contributed by atoms with Gasteiger partial charge in [-0.2, -0.15) is 4.31 Å². The predicted molar refractivity (Wildman–Crippen MR) is 487 cm³/mol. The highest BCUT2D eigenvalue weighted by molar-refractivity contribution is 8.13. The molecule has 4 unspecified atom stereocenters. The number of sulfonamides is 2. The summed E-state index contributed by atoms with van der Waals surface area (Å²) in [4.78, 5) is 56.4. The van der Waals surface area contributed by atoms with Crippen molar-refractivity contribution in [2.75, 3.05) is 76.2 Å². The Kier molecular flexibility index (Phi) is 40.1. The van der Waals surface area contributed by atoms with Crippen LogP contribution in [0.5, 0.6) is 57.5 Å². The molecule has 128 heavy (non-hydrogen) atoms. The number of benzene rings is 8. The van der Waals surface area contributed by atoms with Gasteiger partial charge in [0.15, 0.2) is 37.8 Å². The van der Waals surface area contributed by atoms with Crippen LogP contribution in [0, 0.1) is 55.3 Å². The number of para-hydroxylation sites is 1. The SMILES string of the molecule is C#C[C@]1(OC(=O)COc2ccc(S(N)(=O)=O)cc2Cl)CCC2C3CCC4=CC(=O)CCC4C3CC[C@@]21CC.CC.COC(=O)COc1ccc(S(=O)(=O)Cl)cc1Cl.COc1ccc(CN(Cc2ccc(C)cc2OC)S(=O)(=O)c2ccc(OCC(=O)O)c(Cl)c2)c(OC)c1.COc1ccc(CNCc2ccc(C)cc2OC)c(OC)c1.O=C(O)COc1ccccc1Cl. The zero-order valence-corrected chi connectivity index (χ0v) is 79.1. The van der Waals surface area contributed by atoms with Crippen molar-refractivity contribution in [3.63, 3.8) is 0 Å². The molecule has 4 aliphatic carbocycles. The van der Waals surface area contributed by atoms with E-state index in [4.69, 9.17) is 131 Å². The zero-order valence-electron chi connectivity index (χ0n) is 72.8. The normalized spacial score (nSPS) is 17.6. The molecule has 0 bridgehead atoms. The number of rotatable bonds is 32. The van der Waals surface area contributed by atoms with Crippen molar-refractivity contribution in [2.24, 2.45) is 34.2 Å². The third-order valence-electron chi connectivity index (χ3n) is 21.9. The van der Waals surface area contributed by atoms with E-state index in [1.807, 2.05) is 69.3 Å². The molecule has 0 heterocycles. The molecule has 0 aliphatic heterocycles. The van der Waals surface area contributed by atoms with Crippen LogP contribution in [0.2, 0.25) is 20.1 Å². The van der Waals surface area contributed by atoms with Crippen LogP contribution in [-0.2, 0) is 88.7 Å². The fourth-order valence-electron chi connectivity index (χ4n) is 15.8. The number of ether oxygens (including phenoxy) is 12. The third-order valence-corrected chi connectivity index (χ3v) is 27.1. The second kappa shape index (κ2) is 49.0. The number of fused-ring (bicyclic) bond motifs is 5. The molecule has 28 nitrogen and oxygen atoms in total. The van der Waals surface area contributed by atoms with Gasteiger partial charge < -0.3 is 72.4 Å². The van der Waals surface area contributed by atoms with Gasteiger partial charge in [-0.25, -0.2) is 49.6 Å². The number of carbonyl (C=O) groups is 5. The number of aryl methyl sites for hydroxylation is 2. The molecule has 0 radical (unpaired) electrons. The highest BCUT2D eigenvalue weighted by atomic mass is 35.7. The van der Waals surface area contributed by atoms with E-state index in [-0.39, 0.29) is 84.5 Å². The Morgan fingerprint density at radius 2 is 0.969 bits per heavy atom. The number of carbonyl (C=O) groups excluding carboxylic acids is 3. The molecule has 4 aliphatic rings. The van der Waals surface area contributed by atoms with Gasteiger partial charge in [0, 0.05) is 83.1 Å². The molecule has 36 heteroatoms. The quantitative estimate of drug-likeness (QED) is 0.0173. The Hall–Kier alpha value is -10.2. The second-order valence-corrected chi connectivity index (χ2v) is 37.1. The maximum absolute atomic E-state index is 13.9. The minimum absolute atomic E-state index is 0.00411. The molecule has 3 fully saturated rings. The second-order valence-electron chi connectivity index (χ2n) is 29.4. The minimum atomic E-state index is -4.11. The lowest BCUT2D eigenvalue weighted by molar-refractivity contribution is -0.175. The Bertz CT molecular complexity index is 5640. The van der Waals surface area contributed by atoms with Crippen molar-refractivity contribution in [3.8, 4) is 69.8 Å². The summed E-state index contributed by atoms with van der Waals surface area (Å²) in [7, 11) is 4.06. The summed E-state index contributed by atoms with van der Waals surface area (Å²) in [6, 6.07) is 40.8. The number of hydrogen-bond acceptors (Lipinski definition) is 24. The number of allylic oxidation sites excluding steroid dienone is 1. The van der Waals surface area contributed by atoms with Crippen LogP contribution in [0.3, 0.4) is 0 Å². The fraction of sp³-hybridized carbons (Fsp3) is 0.380. The highest BCUT2D eigenvalue weighted by Crippen LogP contribution is 2.67. The first kappa shape index (κ1) is 105. The van der Waals surface area contributed by atoms with Crippen LogP contribution < -0.4 is 57.8 Å². The minimum Gasteiger partial charge on any atom is -0.497 e. The average molecular weight is 1930 g/mol. The van der Waals surface area contributed by atoms with Gasteiger partial charge in [-0.15, -0.1) is 6.42 Å². The third kappa shape index (κ3) is 28.4. The van der Waals surface area contributed by atoms with Crippen molar-refractivity contribution in [1.29, 1.82) is 0 Å². The van der Waals surface area contributed by atoms with E-state index in [1.54, 1.807) is 63.8 Å². The summed E-state index contributed by atoms with van der Waals surface area (Å²) in [6.45, 7) is 9.84. The lowest BCUT2D eigenvalue weighted by Crippen LogP contribution is -2.55. The number of carboxylic acids is 2. The van der Waals surface area contributed by atoms with Crippen molar-refractivity contribution in [2.45, 2.75) is 139 Å². The van der Waals surface area contributed by atoms with Gasteiger partial charge in [-0.3, -0.25) is 4.79 Å². The Morgan fingerprint density at radius 1 is 0.516 bits per heavy atom. The monoisotopic (exact) mass is 1920 g/mol. The number of primary sulfonamides is 1. The Morgan fingerprint density at radius 3 is 1.45 bits per heavy atom. The van der Waals surface area contributed by atoms with Crippen molar-refractivity contribution in [3.05, 3.63) is 217 Å². The topological polar surface area (TPSA) is 380 Å². The van der Waals surface area contributed by atoms with Crippen LogP contribution >= 0.6 is 57.1 Å². The molecule has 0 amide bonds. The molecule has 0 aromatic heterocycles. The number of nitrogens with two attached hydrogens (primary N) is 1. The lowest BCUT2D eigenvalue weighted by Gasteiger charge is -2.56. The molecule has 3 saturated carbocycles. The highest BCUT2D eigenvalue weighted by Gasteiger charge is 2.66. The van der Waals surface area contributed by atoms with Gasteiger partial charge in [-0.05, 0) is 197 Å². The zero-order chi connectivity index (χ0) is 94.4. The molecule has 692 valence electrons. The van der Waals surface area contributed by atoms with E-state index in [2.05, 4.69) is 42.0 Å². The molecular weight excluding hydrogens is 1820 g/mol. The first-order chi connectivity index (χ1) is 60.8. The number of halogens is 5. The summed E-state index contributed by atoms with van der Waals surface area (Å²) < 4.78 is 138.